The summed E-state index contributed by atoms with van der Waals surface area (Å²) in [4.78, 5) is 12.2. The van der Waals surface area contributed by atoms with Gasteiger partial charge in [0.15, 0.2) is 0 Å². The zero-order chi connectivity index (χ0) is 18.4. The van der Waals surface area contributed by atoms with Crippen LogP contribution in [0.3, 0.4) is 0 Å². The van der Waals surface area contributed by atoms with Crippen molar-refractivity contribution in [3.05, 3.63) is 59.9 Å². The maximum Gasteiger partial charge on any atom is 0.264 e. The highest BCUT2D eigenvalue weighted by Gasteiger charge is 2.27. The minimum Gasteiger partial charge on any atom is -0.355 e. The normalized spacial score (nSPS) is 11.2. The molecule has 0 spiro atoms. The van der Waals surface area contributed by atoms with E-state index in [-0.39, 0.29) is 17.1 Å². The Balaban J connectivity index is 2.40. The number of sulfonamides is 1. The summed E-state index contributed by atoms with van der Waals surface area (Å²) in [6.07, 6.45) is 0.743. The van der Waals surface area contributed by atoms with Crippen molar-refractivity contribution in [3.8, 4) is 0 Å². The predicted molar refractivity (Wildman–Crippen MR) is 95.4 cm³/mol. The van der Waals surface area contributed by atoms with Crippen molar-refractivity contribution in [2.24, 2.45) is 0 Å². The average Bonchev–Trinajstić information content (AvgIpc) is 2.59. The third-order valence-corrected chi connectivity index (χ3v) is 5.37. The molecule has 0 saturated carbocycles. The van der Waals surface area contributed by atoms with Crippen LogP contribution in [-0.4, -0.2) is 27.4 Å². The summed E-state index contributed by atoms with van der Waals surface area (Å²) in [5.74, 6) is -0.895. The standard InChI is InChI=1S/C18H21FN2O3S/c1-3-12-20-18(22)13-21(16-8-6-15(19)7-9-16)25(23,24)17-10-4-14(2)5-11-17/h4-11H,3,12-13H2,1-2H3,(H,20,22). The first-order valence-corrected chi connectivity index (χ1v) is 9.40. The van der Waals surface area contributed by atoms with E-state index in [1.54, 1.807) is 12.1 Å². The van der Waals surface area contributed by atoms with Gasteiger partial charge in [-0.15, -0.1) is 0 Å². The highest BCUT2D eigenvalue weighted by molar-refractivity contribution is 7.92. The fourth-order valence-corrected chi connectivity index (χ4v) is 3.63. The van der Waals surface area contributed by atoms with Crippen molar-refractivity contribution in [2.75, 3.05) is 17.4 Å². The van der Waals surface area contributed by atoms with E-state index in [1.165, 1.54) is 24.3 Å². The van der Waals surface area contributed by atoms with Crippen LogP contribution in [0.1, 0.15) is 18.9 Å². The van der Waals surface area contributed by atoms with Crippen LogP contribution < -0.4 is 9.62 Å². The van der Waals surface area contributed by atoms with Gasteiger partial charge in [-0.05, 0) is 49.7 Å². The van der Waals surface area contributed by atoms with Crippen molar-refractivity contribution < 1.29 is 17.6 Å². The molecule has 0 radical (unpaired) electrons. The second-order valence-electron chi connectivity index (χ2n) is 5.65. The molecule has 0 atom stereocenters. The van der Waals surface area contributed by atoms with Gasteiger partial charge >= 0.3 is 0 Å². The second kappa shape index (κ2) is 8.11. The van der Waals surface area contributed by atoms with E-state index in [1.807, 2.05) is 13.8 Å². The van der Waals surface area contributed by atoms with Crippen LogP contribution >= 0.6 is 0 Å². The molecular weight excluding hydrogens is 343 g/mol. The summed E-state index contributed by atoms with van der Waals surface area (Å²) in [6.45, 7) is 3.84. The third kappa shape index (κ3) is 4.79. The molecule has 2 aromatic rings. The molecule has 7 heteroatoms. The highest BCUT2D eigenvalue weighted by Crippen LogP contribution is 2.24. The molecule has 0 fully saturated rings. The van der Waals surface area contributed by atoms with E-state index in [2.05, 4.69) is 5.32 Å². The Hall–Kier alpha value is -2.41. The lowest BCUT2D eigenvalue weighted by Gasteiger charge is -2.24. The van der Waals surface area contributed by atoms with E-state index in [4.69, 9.17) is 0 Å². The predicted octanol–water partition coefficient (Wildman–Crippen LogP) is 2.86. The third-order valence-electron chi connectivity index (χ3n) is 3.58. The lowest BCUT2D eigenvalue weighted by atomic mass is 10.2. The van der Waals surface area contributed by atoms with Crippen LogP contribution in [-0.2, 0) is 14.8 Å². The SMILES string of the molecule is CCCNC(=O)CN(c1ccc(F)cc1)S(=O)(=O)c1ccc(C)cc1. The topological polar surface area (TPSA) is 66.5 Å². The molecule has 5 nitrogen and oxygen atoms in total. The Kier molecular flexibility index (Phi) is 6.14. The van der Waals surface area contributed by atoms with Crippen molar-refractivity contribution in [1.29, 1.82) is 0 Å². The average molecular weight is 364 g/mol. The Morgan fingerprint density at radius 3 is 2.24 bits per heavy atom. The minimum atomic E-state index is -3.95. The fraction of sp³-hybridized carbons (Fsp3) is 0.278. The van der Waals surface area contributed by atoms with E-state index >= 15 is 0 Å². The summed E-state index contributed by atoms with van der Waals surface area (Å²) in [5.41, 5.74) is 1.15. The molecule has 2 aromatic carbocycles. The van der Waals surface area contributed by atoms with Gasteiger partial charge in [0, 0.05) is 6.54 Å². The van der Waals surface area contributed by atoms with Crippen LogP contribution in [0.4, 0.5) is 10.1 Å². The van der Waals surface area contributed by atoms with Gasteiger partial charge in [-0.25, -0.2) is 12.8 Å². The molecule has 1 amide bonds. The monoisotopic (exact) mass is 364 g/mol. The van der Waals surface area contributed by atoms with Gasteiger partial charge in [-0.1, -0.05) is 24.6 Å². The molecule has 1 N–H and O–H groups in total. The first-order valence-electron chi connectivity index (χ1n) is 7.96. The van der Waals surface area contributed by atoms with E-state index < -0.39 is 21.7 Å². The summed E-state index contributed by atoms with van der Waals surface area (Å²) in [7, 11) is -3.95. The van der Waals surface area contributed by atoms with Gasteiger partial charge in [0.1, 0.15) is 12.4 Å². The number of nitrogens with one attached hydrogen (secondary N) is 1. The van der Waals surface area contributed by atoms with Crippen molar-refractivity contribution in [1.82, 2.24) is 5.32 Å². The Bertz CT molecular complexity index is 818. The quantitative estimate of drug-likeness (QED) is 0.821. The number of amides is 1. The number of anilines is 1. The Morgan fingerprint density at radius 2 is 1.68 bits per heavy atom. The van der Waals surface area contributed by atoms with Crippen LogP contribution in [0.5, 0.6) is 0 Å². The molecular formula is C18H21FN2O3S. The van der Waals surface area contributed by atoms with Crippen molar-refractivity contribution in [2.45, 2.75) is 25.2 Å². The molecule has 0 saturated heterocycles. The minimum absolute atomic E-state index is 0.0747. The fourth-order valence-electron chi connectivity index (χ4n) is 2.21. The molecule has 0 aliphatic carbocycles. The lowest BCUT2D eigenvalue weighted by Crippen LogP contribution is -2.41. The highest BCUT2D eigenvalue weighted by atomic mass is 32.2. The number of aryl methyl sites for hydroxylation is 1. The molecule has 2 rings (SSSR count). The molecule has 0 bridgehead atoms. The first kappa shape index (κ1) is 18.9. The molecule has 0 aromatic heterocycles. The van der Waals surface area contributed by atoms with Gasteiger partial charge in [0.05, 0.1) is 10.6 Å². The molecule has 0 unspecified atom stereocenters. The van der Waals surface area contributed by atoms with Gasteiger partial charge in [0.25, 0.3) is 10.0 Å². The van der Waals surface area contributed by atoms with Gasteiger partial charge < -0.3 is 5.32 Å². The number of halogens is 1. The summed E-state index contributed by atoms with van der Waals surface area (Å²) in [6, 6.07) is 11.4. The van der Waals surface area contributed by atoms with Crippen LogP contribution in [0.2, 0.25) is 0 Å². The van der Waals surface area contributed by atoms with Gasteiger partial charge in [-0.2, -0.15) is 0 Å². The first-order chi connectivity index (χ1) is 11.8. The molecule has 0 aliphatic heterocycles. The second-order valence-corrected chi connectivity index (χ2v) is 7.51. The maximum absolute atomic E-state index is 13.2. The number of nitrogens with zero attached hydrogens (tertiary/aromatic N) is 1. The zero-order valence-electron chi connectivity index (χ0n) is 14.2. The zero-order valence-corrected chi connectivity index (χ0v) is 15.0. The summed E-state index contributed by atoms with van der Waals surface area (Å²) in [5, 5.41) is 2.66. The lowest BCUT2D eigenvalue weighted by molar-refractivity contribution is -0.119. The number of carbonyl (C=O) groups excluding carboxylic acids is 1. The van der Waals surface area contributed by atoms with Crippen LogP contribution in [0.25, 0.3) is 0 Å². The van der Waals surface area contributed by atoms with Crippen molar-refractivity contribution in [3.63, 3.8) is 0 Å². The molecule has 0 aliphatic rings. The Labute approximate surface area is 147 Å². The molecule has 134 valence electrons. The van der Waals surface area contributed by atoms with E-state index in [0.717, 1.165) is 28.4 Å². The molecule has 0 heterocycles. The summed E-state index contributed by atoms with van der Waals surface area (Å²) >= 11 is 0. The maximum atomic E-state index is 13.2. The number of hydrogen-bond donors (Lipinski definition) is 1. The number of carbonyl (C=O) groups is 1. The van der Waals surface area contributed by atoms with Crippen LogP contribution in [0, 0.1) is 12.7 Å². The number of hydrogen-bond acceptors (Lipinski definition) is 3. The summed E-state index contributed by atoms with van der Waals surface area (Å²) < 4.78 is 40.2. The molecule has 25 heavy (non-hydrogen) atoms. The Morgan fingerprint density at radius 1 is 1.08 bits per heavy atom. The van der Waals surface area contributed by atoms with Crippen LogP contribution in [0.15, 0.2) is 53.4 Å². The largest absolute Gasteiger partial charge is 0.355 e. The number of rotatable bonds is 7. The smallest absolute Gasteiger partial charge is 0.264 e. The van der Waals surface area contributed by atoms with E-state index in [0.29, 0.717) is 6.54 Å². The van der Waals surface area contributed by atoms with Gasteiger partial charge in [0.2, 0.25) is 5.91 Å². The van der Waals surface area contributed by atoms with Crippen molar-refractivity contribution >= 4 is 21.6 Å². The van der Waals surface area contributed by atoms with Gasteiger partial charge in [-0.3, -0.25) is 9.10 Å². The van der Waals surface area contributed by atoms with E-state index in [9.17, 15) is 17.6 Å². The number of benzene rings is 2.